The van der Waals surface area contributed by atoms with Crippen LogP contribution in [0, 0.1) is 0 Å². The van der Waals surface area contributed by atoms with Gasteiger partial charge in [-0.05, 0) is 13.3 Å². The van der Waals surface area contributed by atoms with E-state index in [1.54, 1.807) is 6.92 Å². The first-order chi connectivity index (χ1) is 5.84. The van der Waals surface area contributed by atoms with Gasteiger partial charge in [-0.1, -0.05) is 6.92 Å². The number of nitrogens with zero attached hydrogens (tertiary/aromatic N) is 1. The summed E-state index contributed by atoms with van der Waals surface area (Å²) in [5.41, 5.74) is 4.31. The molecule has 0 aromatic rings. The van der Waals surface area contributed by atoms with Crippen molar-refractivity contribution in [1.82, 2.24) is 0 Å². The van der Waals surface area contributed by atoms with E-state index in [1.807, 2.05) is 0 Å². The Labute approximate surface area is 75.3 Å². The molecular weight excluding hydrogens is 181 g/mol. The number of allylic oxidation sites excluding steroid dienone is 2. The molecule has 76 valence electrons. The van der Waals surface area contributed by atoms with E-state index in [0.29, 0.717) is 5.71 Å². The maximum absolute atomic E-state index is 12.1. The highest BCUT2D eigenvalue weighted by Crippen LogP contribution is 2.25. The lowest BCUT2D eigenvalue weighted by Gasteiger charge is -2.12. The Kier molecular flexibility index (Phi) is 3.97. The van der Waals surface area contributed by atoms with Gasteiger partial charge in [0.2, 0.25) is 0 Å². The van der Waals surface area contributed by atoms with Gasteiger partial charge >= 0.3 is 6.18 Å². The molecule has 13 heavy (non-hydrogen) atoms. The predicted molar refractivity (Wildman–Crippen MR) is 46.6 cm³/mol. The zero-order valence-corrected chi connectivity index (χ0v) is 7.87. The van der Waals surface area contributed by atoms with Crippen molar-refractivity contribution in [2.24, 2.45) is 10.7 Å². The van der Waals surface area contributed by atoms with E-state index in [1.165, 1.54) is 14.0 Å². The minimum absolute atomic E-state index is 0.0648. The molecule has 0 aliphatic rings. The van der Waals surface area contributed by atoms with Crippen molar-refractivity contribution in [2.75, 3.05) is 7.05 Å². The van der Waals surface area contributed by atoms with Gasteiger partial charge in [0.05, 0.1) is 0 Å². The Balaban J connectivity index is 5.15. The van der Waals surface area contributed by atoms with Gasteiger partial charge in [0.25, 0.3) is 0 Å². The molecule has 0 fully saturated rings. The van der Waals surface area contributed by atoms with Crippen LogP contribution >= 0.6 is 0 Å². The number of rotatable bonds is 2. The Morgan fingerprint density at radius 2 is 1.85 bits per heavy atom. The monoisotopic (exact) mass is 194 g/mol. The van der Waals surface area contributed by atoms with Crippen LogP contribution in [0.1, 0.15) is 20.3 Å². The number of aliphatic imine (C=N–C) groups is 1. The summed E-state index contributed by atoms with van der Waals surface area (Å²) in [7, 11) is 1.44. The molecule has 0 aromatic carbocycles. The largest absolute Gasteiger partial charge is 0.431 e. The van der Waals surface area contributed by atoms with Gasteiger partial charge in [-0.2, -0.15) is 13.2 Å². The first-order valence-electron chi connectivity index (χ1n) is 3.84. The first kappa shape index (κ1) is 12.0. The summed E-state index contributed by atoms with van der Waals surface area (Å²) in [5, 5.41) is 0. The Morgan fingerprint density at radius 1 is 1.38 bits per heavy atom. The molecule has 0 aliphatic heterocycles. The molecule has 2 nitrogen and oxygen atoms in total. The summed E-state index contributed by atoms with van der Waals surface area (Å²) in [6.45, 7) is 3.13. The summed E-state index contributed by atoms with van der Waals surface area (Å²) in [4.78, 5) is 3.67. The molecule has 0 atom stereocenters. The van der Waals surface area contributed by atoms with Crippen molar-refractivity contribution in [3.05, 3.63) is 11.3 Å². The van der Waals surface area contributed by atoms with Crippen LogP contribution in [0.15, 0.2) is 16.3 Å². The Hall–Kier alpha value is -1.00. The van der Waals surface area contributed by atoms with E-state index in [4.69, 9.17) is 5.73 Å². The average molecular weight is 194 g/mol. The molecule has 0 aromatic heterocycles. The second kappa shape index (κ2) is 4.30. The molecule has 0 heterocycles. The lowest BCUT2D eigenvalue weighted by atomic mass is 10.1. The zero-order chi connectivity index (χ0) is 10.6. The molecule has 5 heteroatoms. The molecule has 0 unspecified atom stereocenters. The minimum atomic E-state index is -4.46. The number of hydrogen-bond acceptors (Lipinski definition) is 2. The van der Waals surface area contributed by atoms with Crippen molar-refractivity contribution in [1.29, 1.82) is 0 Å². The number of hydrogen-bond donors (Lipinski definition) is 1. The summed E-state index contributed by atoms with van der Waals surface area (Å²) in [6, 6.07) is 0. The third-order valence-electron chi connectivity index (χ3n) is 1.76. The molecule has 0 saturated heterocycles. The summed E-state index contributed by atoms with van der Waals surface area (Å²) >= 11 is 0. The highest BCUT2D eigenvalue weighted by Gasteiger charge is 2.34. The maximum atomic E-state index is 12.1. The van der Waals surface area contributed by atoms with Crippen molar-refractivity contribution >= 4 is 5.71 Å². The first-order valence-corrected chi connectivity index (χ1v) is 3.84. The van der Waals surface area contributed by atoms with Crippen LogP contribution in [0.5, 0.6) is 0 Å². The van der Waals surface area contributed by atoms with Gasteiger partial charge in [-0.3, -0.25) is 4.99 Å². The number of alkyl halides is 3. The van der Waals surface area contributed by atoms with E-state index in [9.17, 15) is 13.2 Å². The SMILES string of the molecule is CCC(C(C)=NC)=C(N)C(F)(F)F. The molecule has 0 bridgehead atoms. The maximum Gasteiger partial charge on any atom is 0.431 e. The molecule has 0 radical (unpaired) electrons. The fourth-order valence-electron chi connectivity index (χ4n) is 0.947. The Bertz CT molecular complexity index is 238. The van der Waals surface area contributed by atoms with E-state index < -0.39 is 11.9 Å². The van der Waals surface area contributed by atoms with Gasteiger partial charge in [-0.15, -0.1) is 0 Å². The third kappa shape index (κ3) is 3.08. The standard InChI is InChI=1S/C8H13F3N2/c1-4-6(5(2)13-3)7(12)8(9,10)11/h4,12H2,1-3H3. The van der Waals surface area contributed by atoms with Crippen molar-refractivity contribution < 1.29 is 13.2 Å². The fourth-order valence-corrected chi connectivity index (χ4v) is 0.947. The van der Waals surface area contributed by atoms with E-state index in [-0.39, 0.29) is 12.0 Å². The van der Waals surface area contributed by atoms with Crippen LogP contribution in [-0.2, 0) is 0 Å². The van der Waals surface area contributed by atoms with Gasteiger partial charge in [-0.25, -0.2) is 0 Å². The van der Waals surface area contributed by atoms with Gasteiger partial charge in [0.15, 0.2) is 0 Å². The molecular formula is C8H13F3N2. The zero-order valence-electron chi connectivity index (χ0n) is 7.87. The molecule has 0 aliphatic carbocycles. The summed E-state index contributed by atoms with van der Waals surface area (Å²) < 4.78 is 36.4. The highest BCUT2D eigenvalue weighted by molar-refractivity contribution is 5.98. The number of nitrogens with two attached hydrogens (primary N) is 1. The Morgan fingerprint density at radius 3 is 2.08 bits per heavy atom. The molecule has 0 saturated carbocycles. The predicted octanol–water partition coefficient (Wildman–Crippen LogP) is 2.26. The smallest absolute Gasteiger partial charge is 0.394 e. The van der Waals surface area contributed by atoms with Crippen molar-refractivity contribution in [3.63, 3.8) is 0 Å². The van der Waals surface area contributed by atoms with Crippen LogP contribution in [0.3, 0.4) is 0 Å². The van der Waals surface area contributed by atoms with Crippen LogP contribution in [0.4, 0.5) is 13.2 Å². The molecule has 0 spiro atoms. The molecule has 0 amide bonds. The summed E-state index contributed by atoms with van der Waals surface area (Å²) in [5.74, 6) is 0. The van der Waals surface area contributed by atoms with Gasteiger partial charge in [0.1, 0.15) is 5.70 Å². The lowest BCUT2D eigenvalue weighted by molar-refractivity contribution is -0.0932. The van der Waals surface area contributed by atoms with Gasteiger partial charge in [0, 0.05) is 18.3 Å². The van der Waals surface area contributed by atoms with E-state index in [0.717, 1.165) is 0 Å². The van der Waals surface area contributed by atoms with Crippen molar-refractivity contribution in [2.45, 2.75) is 26.4 Å². The van der Waals surface area contributed by atoms with Crippen LogP contribution in [0.2, 0.25) is 0 Å². The molecule has 0 rings (SSSR count). The second-order valence-electron chi connectivity index (χ2n) is 2.55. The highest BCUT2D eigenvalue weighted by atomic mass is 19.4. The van der Waals surface area contributed by atoms with Gasteiger partial charge < -0.3 is 5.73 Å². The fraction of sp³-hybridized carbons (Fsp3) is 0.625. The average Bonchev–Trinajstić information content (AvgIpc) is 2.03. The van der Waals surface area contributed by atoms with Crippen LogP contribution in [-0.4, -0.2) is 18.9 Å². The second-order valence-corrected chi connectivity index (χ2v) is 2.55. The lowest BCUT2D eigenvalue weighted by Crippen LogP contribution is -2.23. The van der Waals surface area contributed by atoms with Crippen LogP contribution < -0.4 is 5.73 Å². The normalized spacial score (nSPS) is 15.7. The van der Waals surface area contributed by atoms with E-state index in [2.05, 4.69) is 4.99 Å². The summed E-state index contributed by atoms with van der Waals surface area (Å²) in [6.07, 6.45) is -4.23. The van der Waals surface area contributed by atoms with Crippen molar-refractivity contribution in [3.8, 4) is 0 Å². The third-order valence-corrected chi connectivity index (χ3v) is 1.76. The minimum Gasteiger partial charge on any atom is -0.394 e. The number of halogens is 3. The molecule has 2 N–H and O–H groups in total. The van der Waals surface area contributed by atoms with Crippen LogP contribution in [0.25, 0.3) is 0 Å². The topological polar surface area (TPSA) is 38.4 Å². The quantitative estimate of drug-likeness (QED) is 0.673. The van der Waals surface area contributed by atoms with E-state index >= 15 is 0 Å².